The van der Waals surface area contributed by atoms with Gasteiger partial charge in [-0.2, -0.15) is 0 Å². The second-order valence-electron chi connectivity index (χ2n) is 3.18. The van der Waals surface area contributed by atoms with Crippen molar-refractivity contribution in [2.24, 2.45) is 0 Å². The Morgan fingerprint density at radius 2 is 2.19 bits per heavy atom. The molecule has 0 saturated carbocycles. The maximum absolute atomic E-state index is 11.3. The predicted octanol–water partition coefficient (Wildman–Crippen LogP) is 1.18. The van der Waals surface area contributed by atoms with Crippen molar-refractivity contribution in [1.29, 1.82) is 0 Å². The van der Waals surface area contributed by atoms with E-state index in [4.69, 9.17) is 18.0 Å². The predicted molar refractivity (Wildman–Crippen MR) is 65.0 cm³/mol. The van der Waals surface area contributed by atoms with E-state index in [2.05, 4.69) is 16.6 Å². The number of carbonyl (C=O) groups is 1. The van der Waals surface area contributed by atoms with Gasteiger partial charge in [-0.05, 0) is 11.6 Å². The first kappa shape index (κ1) is 12.6. The summed E-state index contributed by atoms with van der Waals surface area (Å²) in [5.74, 6) is 2.29. The fourth-order valence-corrected chi connectivity index (χ4v) is 1.35. The fourth-order valence-electron chi connectivity index (χ4n) is 1.15. The van der Waals surface area contributed by atoms with Gasteiger partial charge in [0.2, 0.25) is 5.91 Å². The van der Waals surface area contributed by atoms with Crippen molar-refractivity contribution in [1.82, 2.24) is 10.6 Å². The monoisotopic (exact) mass is 236 g/mol. The van der Waals surface area contributed by atoms with Crippen LogP contribution in [0, 0.1) is 12.3 Å². The van der Waals surface area contributed by atoms with Crippen molar-refractivity contribution >= 4 is 17.5 Å². The van der Waals surface area contributed by atoms with Gasteiger partial charge in [0.15, 0.2) is 0 Å². The minimum absolute atomic E-state index is 0.102. The number of rotatable bonds is 5. The quantitative estimate of drug-likeness (QED) is 0.596. The summed E-state index contributed by atoms with van der Waals surface area (Å²) in [6.45, 7) is 1.03. The molecule has 0 fully saturated rings. The summed E-state index contributed by atoms with van der Waals surface area (Å²) in [5, 5.41) is 6.20. The molecule has 1 amide bonds. The number of carbonyl (C=O) groups excluding carboxylic acids is 1. The second kappa shape index (κ2) is 6.89. The SMILES string of the molecule is C#CCNCC(=O)NCc1ccccc1Cl. The molecule has 16 heavy (non-hydrogen) atoms. The Morgan fingerprint density at radius 3 is 2.88 bits per heavy atom. The van der Waals surface area contributed by atoms with Crippen LogP contribution < -0.4 is 10.6 Å². The van der Waals surface area contributed by atoms with Crippen molar-refractivity contribution in [3.63, 3.8) is 0 Å². The number of terminal acetylenes is 1. The number of benzene rings is 1. The van der Waals surface area contributed by atoms with Gasteiger partial charge < -0.3 is 5.32 Å². The number of amides is 1. The molecule has 0 spiro atoms. The van der Waals surface area contributed by atoms with Gasteiger partial charge >= 0.3 is 0 Å². The van der Waals surface area contributed by atoms with Crippen LogP contribution in [0.3, 0.4) is 0 Å². The maximum atomic E-state index is 11.3. The molecule has 0 aliphatic rings. The summed E-state index contributed by atoms with van der Waals surface area (Å²) < 4.78 is 0. The Hall–Kier alpha value is -1.50. The highest BCUT2D eigenvalue weighted by molar-refractivity contribution is 6.31. The van der Waals surface area contributed by atoms with Gasteiger partial charge in [-0.1, -0.05) is 35.7 Å². The molecule has 0 aromatic heterocycles. The van der Waals surface area contributed by atoms with E-state index in [0.717, 1.165) is 5.56 Å². The first-order valence-corrected chi connectivity index (χ1v) is 5.26. The lowest BCUT2D eigenvalue weighted by molar-refractivity contribution is -0.120. The first-order chi connectivity index (χ1) is 7.74. The zero-order chi connectivity index (χ0) is 11.8. The van der Waals surface area contributed by atoms with Gasteiger partial charge in [0, 0.05) is 11.6 Å². The summed E-state index contributed by atoms with van der Waals surface area (Å²) >= 11 is 5.94. The van der Waals surface area contributed by atoms with Gasteiger partial charge in [0.05, 0.1) is 13.1 Å². The highest BCUT2D eigenvalue weighted by Gasteiger charge is 2.02. The zero-order valence-corrected chi connectivity index (χ0v) is 9.55. The molecule has 0 heterocycles. The van der Waals surface area contributed by atoms with Crippen molar-refractivity contribution in [3.05, 3.63) is 34.9 Å². The Balaban J connectivity index is 2.32. The number of nitrogens with one attached hydrogen (secondary N) is 2. The van der Waals surface area contributed by atoms with Crippen LogP contribution in [-0.4, -0.2) is 19.0 Å². The fraction of sp³-hybridized carbons (Fsp3) is 0.250. The summed E-state index contributed by atoms with van der Waals surface area (Å²) in [6.07, 6.45) is 5.04. The van der Waals surface area contributed by atoms with Crippen molar-refractivity contribution < 1.29 is 4.79 Å². The van der Waals surface area contributed by atoms with Gasteiger partial charge in [0.25, 0.3) is 0 Å². The lowest BCUT2D eigenvalue weighted by Crippen LogP contribution is -2.33. The van der Waals surface area contributed by atoms with E-state index < -0.39 is 0 Å². The number of halogens is 1. The zero-order valence-electron chi connectivity index (χ0n) is 8.79. The lowest BCUT2D eigenvalue weighted by Gasteiger charge is -2.06. The van der Waals surface area contributed by atoms with E-state index in [0.29, 0.717) is 18.1 Å². The summed E-state index contributed by atoms with van der Waals surface area (Å²) in [6, 6.07) is 7.39. The molecule has 4 heteroatoms. The summed E-state index contributed by atoms with van der Waals surface area (Å²) in [4.78, 5) is 11.3. The van der Waals surface area contributed by atoms with Crippen LogP contribution in [0.25, 0.3) is 0 Å². The summed E-state index contributed by atoms with van der Waals surface area (Å²) in [5.41, 5.74) is 0.898. The van der Waals surface area contributed by atoms with E-state index in [1.54, 1.807) is 6.07 Å². The molecule has 0 bridgehead atoms. The average molecular weight is 237 g/mol. The Bertz CT molecular complexity index is 398. The molecule has 0 saturated heterocycles. The topological polar surface area (TPSA) is 41.1 Å². The molecule has 1 aromatic rings. The molecule has 3 nitrogen and oxygen atoms in total. The van der Waals surface area contributed by atoms with Crippen molar-refractivity contribution in [3.8, 4) is 12.3 Å². The molecule has 2 N–H and O–H groups in total. The van der Waals surface area contributed by atoms with Crippen LogP contribution in [0.4, 0.5) is 0 Å². The van der Waals surface area contributed by atoms with Gasteiger partial charge in [-0.25, -0.2) is 0 Å². The largest absolute Gasteiger partial charge is 0.351 e. The van der Waals surface area contributed by atoms with Crippen LogP contribution in [0.2, 0.25) is 5.02 Å². The molecule has 0 aliphatic heterocycles. The molecule has 0 radical (unpaired) electrons. The molecular formula is C12H13ClN2O. The normalized spacial score (nSPS) is 9.50. The van der Waals surface area contributed by atoms with E-state index in [1.807, 2.05) is 18.2 Å². The van der Waals surface area contributed by atoms with Gasteiger partial charge in [0.1, 0.15) is 0 Å². The molecular weight excluding hydrogens is 224 g/mol. The maximum Gasteiger partial charge on any atom is 0.234 e. The van der Waals surface area contributed by atoms with Gasteiger partial charge in [-0.15, -0.1) is 6.42 Å². The van der Waals surface area contributed by atoms with Crippen molar-refractivity contribution in [2.75, 3.05) is 13.1 Å². The summed E-state index contributed by atoms with van der Waals surface area (Å²) in [7, 11) is 0. The van der Waals surface area contributed by atoms with Crippen LogP contribution in [0.5, 0.6) is 0 Å². The molecule has 0 aliphatic carbocycles. The Kier molecular flexibility index (Phi) is 5.41. The number of hydrogen-bond acceptors (Lipinski definition) is 2. The smallest absolute Gasteiger partial charge is 0.234 e. The molecule has 1 rings (SSSR count). The van der Waals surface area contributed by atoms with E-state index in [9.17, 15) is 4.79 Å². The van der Waals surface area contributed by atoms with E-state index in [1.165, 1.54) is 0 Å². The molecule has 0 atom stereocenters. The third-order valence-corrected chi connectivity index (χ3v) is 2.32. The van der Waals surface area contributed by atoms with Crippen LogP contribution in [0.15, 0.2) is 24.3 Å². The lowest BCUT2D eigenvalue weighted by atomic mass is 10.2. The molecule has 1 aromatic carbocycles. The first-order valence-electron chi connectivity index (χ1n) is 4.88. The minimum atomic E-state index is -0.102. The highest BCUT2D eigenvalue weighted by atomic mass is 35.5. The van der Waals surface area contributed by atoms with Crippen LogP contribution in [-0.2, 0) is 11.3 Å². The standard InChI is InChI=1S/C12H13ClN2O/c1-2-7-14-9-12(16)15-8-10-5-3-4-6-11(10)13/h1,3-6,14H,7-9H2,(H,15,16). The highest BCUT2D eigenvalue weighted by Crippen LogP contribution is 2.13. The minimum Gasteiger partial charge on any atom is -0.351 e. The second-order valence-corrected chi connectivity index (χ2v) is 3.58. The van der Waals surface area contributed by atoms with E-state index >= 15 is 0 Å². The number of hydrogen-bond donors (Lipinski definition) is 2. The van der Waals surface area contributed by atoms with Crippen LogP contribution >= 0.6 is 11.6 Å². The molecule has 84 valence electrons. The average Bonchev–Trinajstić information content (AvgIpc) is 2.28. The Labute approximate surface area is 100 Å². The van der Waals surface area contributed by atoms with E-state index in [-0.39, 0.29) is 12.5 Å². The third kappa shape index (κ3) is 4.35. The third-order valence-electron chi connectivity index (χ3n) is 1.95. The van der Waals surface area contributed by atoms with Gasteiger partial charge in [-0.3, -0.25) is 10.1 Å². The Morgan fingerprint density at radius 1 is 1.44 bits per heavy atom. The molecule has 0 unspecified atom stereocenters. The van der Waals surface area contributed by atoms with Crippen LogP contribution in [0.1, 0.15) is 5.56 Å². The van der Waals surface area contributed by atoms with Crippen molar-refractivity contribution in [2.45, 2.75) is 6.54 Å².